The van der Waals surface area contributed by atoms with Gasteiger partial charge in [-0.2, -0.15) is 9.40 Å². The second-order valence-corrected chi connectivity index (χ2v) is 8.07. The van der Waals surface area contributed by atoms with Gasteiger partial charge in [0.05, 0.1) is 23.7 Å². The number of hydrogen-bond donors (Lipinski definition) is 2. The first-order valence-electron chi connectivity index (χ1n) is 7.64. The highest BCUT2D eigenvalue weighted by atomic mass is 32.2. The molecule has 2 heterocycles. The summed E-state index contributed by atoms with van der Waals surface area (Å²) in [5.41, 5.74) is 3.07. The van der Waals surface area contributed by atoms with E-state index in [9.17, 15) is 8.42 Å². The Morgan fingerprint density at radius 3 is 2.50 bits per heavy atom. The number of nitrogens with zero attached hydrogens (tertiary/aromatic N) is 2. The molecule has 2 atom stereocenters. The minimum Gasteiger partial charge on any atom is -0.373 e. The molecule has 126 valence electrons. The Morgan fingerprint density at radius 2 is 1.95 bits per heavy atom. The van der Waals surface area contributed by atoms with Gasteiger partial charge in [-0.3, -0.25) is 5.10 Å². The highest BCUT2D eigenvalue weighted by Crippen LogP contribution is 2.14. The fourth-order valence-electron chi connectivity index (χ4n) is 2.74. The van der Waals surface area contributed by atoms with Gasteiger partial charge in [0.25, 0.3) is 0 Å². The summed E-state index contributed by atoms with van der Waals surface area (Å²) in [7, 11) is -3.24. The molecule has 2 rings (SSSR count). The lowest BCUT2D eigenvalue weighted by atomic mass is 10.2. The third-order valence-electron chi connectivity index (χ3n) is 3.90. The van der Waals surface area contributed by atoms with E-state index in [-0.39, 0.29) is 18.0 Å². The van der Waals surface area contributed by atoms with Crippen molar-refractivity contribution in [1.29, 1.82) is 0 Å². The number of sulfonamides is 1. The van der Waals surface area contributed by atoms with Crippen LogP contribution in [0.1, 0.15) is 30.8 Å². The molecule has 0 unspecified atom stereocenters. The van der Waals surface area contributed by atoms with Crippen molar-refractivity contribution >= 4 is 10.0 Å². The van der Waals surface area contributed by atoms with Gasteiger partial charge in [0.2, 0.25) is 10.0 Å². The highest BCUT2D eigenvalue weighted by Gasteiger charge is 2.30. The average molecular weight is 330 g/mol. The van der Waals surface area contributed by atoms with Crippen molar-refractivity contribution in [2.45, 2.75) is 46.4 Å². The molecule has 0 spiro atoms. The Hall–Kier alpha value is -0.960. The lowest BCUT2D eigenvalue weighted by molar-refractivity contribution is -0.0440. The van der Waals surface area contributed by atoms with Crippen molar-refractivity contribution in [3.63, 3.8) is 0 Å². The van der Waals surface area contributed by atoms with E-state index in [0.717, 1.165) is 17.0 Å². The molecule has 0 bridgehead atoms. The molecule has 22 heavy (non-hydrogen) atoms. The molecule has 0 saturated carbocycles. The highest BCUT2D eigenvalue weighted by molar-refractivity contribution is 7.89. The fourth-order valence-corrected chi connectivity index (χ4v) is 4.27. The van der Waals surface area contributed by atoms with Crippen LogP contribution in [0.4, 0.5) is 0 Å². The maximum absolute atomic E-state index is 12.4. The fraction of sp³-hybridized carbons (Fsp3) is 0.786. The summed E-state index contributed by atoms with van der Waals surface area (Å²) < 4.78 is 31.9. The van der Waals surface area contributed by atoms with Gasteiger partial charge in [0.1, 0.15) is 0 Å². The zero-order valence-electron chi connectivity index (χ0n) is 13.7. The summed E-state index contributed by atoms with van der Waals surface area (Å²) in [5, 5.41) is 10.2. The summed E-state index contributed by atoms with van der Waals surface area (Å²) in [4.78, 5) is 0. The minimum absolute atomic E-state index is 0.0530. The van der Waals surface area contributed by atoms with E-state index in [4.69, 9.17) is 4.74 Å². The summed E-state index contributed by atoms with van der Waals surface area (Å²) in [6.07, 6.45) is -0.106. The van der Waals surface area contributed by atoms with Crippen molar-refractivity contribution in [2.75, 3.05) is 25.4 Å². The maximum Gasteiger partial charge on any atom is 0.215 e. The molecule has 8 heteroatoms. The first kappa shape index (κ1) is 17.4. The lowest BCUT2D eigenvalue weighted by Gasteiger charge is -2.34. The first-order chi connectivity index (χ1) is 10.3. The van der Waals surface area contributed by atoms with Crippen LogP contribution in [0, 0.1) is 13.8 Å². The van der Waals surface area contributed by atoms with Gasteiger partial charge in [-0.05, 0) is 27.7 Å². The lowest BCUT2D eigenvalue weighted by Crippen LogP contribution is -2.49. The summed E-state index contributed by atoms with van der Waals surface area (Å²) in [6.45, 7) is 9.63. The second-order valence-electron chi connectivity index (χ2n) is 5.98. The smallest absolute Gasteiger partial charge is 0.215 e. The maximum atomic E-state index is 12.4. The number of hydrogen-bond acceptors (Lipinski definition) is 5. The summed E-state index contributed by atoms with van der Waals surface area (Å²) in [5.74, 6) is 0.0996. The number of aryl methyl sites for hydroxylation is 2. The Morgan fingerprint density at radius 1 is 1.32 bits per heavy atom. The van der Waals surface area contributed by atoms with Crippen LogP contribution in [-0.2, 0) is 21.3 Å². The summed E-state index contributed by atoms with van der Waals surface area (Å²) >= 11 is 0. The molecule has 1 aliphatic heterocycles. The van der Waals surface area contributed by atoms with Crippen LogP contribution in [0.25, 0.3) is 0 Å². The number of aromatic amines is 1. The molecular weight excluding hydrogens is 304 g/mol. The van der Waals surface area contributed by atoms with E-state index in [1.165, 1.54) is 0 Å². The van der Waals surface area contributed by atoms with Gasteiger partial charge in [-0.15, -0.1) is 0 Å². The van der Waals surface area contributed by atoms with Gasteiger partial charge in [-0.25, -0.2) is 8.42 Å². The Balaban J connectivity index is 1.83. The molecule has 1 fully saturated rings. The number of aromatic nitrogens is 2. The molecule has 1 aromatic rings. The number of ether oxygens (including phenoxy) is 1. The first-order valence-corrected chi connectivity index (χ1v) is 9.25. The van der Waals surface area contributed by atoms with Crippen molar-refractivity contribution in [1.82, 2.24) is 19.8 Å². The Bertz CT molecular complexity index is 570. The quantitative estimate of drug-likeness (QED) is 0.744. The van der Waals surface area contributed by atoms with Crippen molar-refractivity contribution in [3.05, 3.63) is 17.0 Å². The van der Waals surface area contributed by atoms with E-state index in [1.54, 1.807) is 4.31 Å². The predicted octanol–water partition coefficient (Wildman–Crippen LogP) is 0.555. The third kappa shape index (κ3) is 4.28. The predicted molar refractivity (Wildman–Crippen MR) is 85.1 cm³/mol. The molecule has 0 aromatic carbocycles. The molecule has 7 nitrogen and oxygen atoms in total. The minimum atomic E-state index is -3.24. The van der Waals surface area contributed by atoms with Crippen LogP contribution in [-0.4, -0.2) is 60.5 Å². The van der Waals surface area contributed by atoms with E-state index in [2.05, 4.69) is 15.5 Å². The molecule has 0 amide bonds. The molecule has 0 radical (unpaired) electrons. The van der Waals surface area contributed by atoms with Gasteiger partial charge in [0.15, 0.2) is 0 Å². The van der Waals surface area contributed by atoms with Crippen LogP contribution in [0.15, 0.2) is 0 Å². The molecule has 1 saturated heterocycles. The Kier molecular flexibility index (Phi) is 5.60. The third-order valence-corrected chi connectivity index (χ3v) is 5.70. The number of rotatable bonds is 6. The van der Waals surface area contributed by atoms with Crippen LogP contribution in [0.5, 0.6) is 0 Å². The molecule has 0 aliphatic carbocycles. The van der Waals surface area contributed by atoms with Crippen LogP contribution >= 0.6 is 0 Å². The normalized spacial score (nSPS) is 23.8. The molecule has 2 N–H and O–H groups in total. The largest absolute Gasteiger partial charge is 0.373 e. The standard InChI is InChI=1S/C14H26N4O3S/c1-10-8-18(9-11(2)21-10)22(19,20)6-5-15-7-14-12(3)16-17-13(14)4/h10-11,15H,5-9H2,1-4H3,(H,16,17)/t10-,11-/m1/s1. The van der Waals surface area contributed by atoms with Crippen molar-refractivity contribution < 1.29 is 13.2 Å². The summed E-state index contributed by atoms with van der Waals surface area (Å²) in [6, 6.07) is 0. The SMILES string of the molecule is Cc1n[nH]c(C)c1CNCCS(=O)(=O)N1C[C@@H](C)O[C@H](C)C1. The topological polar surface area (TPSA) is 87.3 Å². The number of nitrogens with one attached hydrogen (secondary N) is 2. The number of morpholine rings is 1. The zero-order valence-corrected chi connectivity index (χ0v) is 14.5. The molecule has 1 aliphatic rings. The number of H-pyrrole nitrogens is 1. The van der Waals surface area contributed by atoms with E-state index in [1.807, 2.05) is 27.7 Å². The monoisotopic (exact) mass is 330 g/mol. The second kappa shape index (κ2) is 7.08. The van der Waals surface area contributed by atoms with Crippen molar-refractivity contribution in [2.24, 2.45) is 0 Å². The van der Waals surface area contributed by atoms with Gasteiger partial charge in [0, 0.05) is 37.4 Å². The van der Waals surface area contributed by atoms with Crippen LogP contribution < -0.4 is 5.32 Å². The van der Waals surface area contributed by atoms with Gasteiger partial charge < -0.3 is 10.1 Å². The molecular formula is C14H26N4O3S. The van der Waals surface area contributed by atoms with E-state index < -0.39 is 10.0 Å². The van der Waals surface area contributed by atoms with Gasteiger partial charge in [-0.1, -0.05) is 0 Å². The van der Waals surface area contributed by atoms with E-state index >= 15 is 0 Å². The van der Waals surface area contributed by atoms with Crippen LogP contribution in [0.3, 0.4) is 0 Å². The van der Waals surface area contributed by atoms with Crippen molar-refractivity contribution in [3.8, 4) is 0 Å². The van der Waals surface area contributed by atoms with Crippen LogP contribution in [0.2, 0.25) is 0 Å². The zero-order chi connectivity index (χ0) is 16.3. The van der Waals surface area contributed by atoms with Gasteiger partial charge >= 0.3 is 0 Å². The Labute approximate surface area is 132 Å². The van der Waals surface area contributed by atoms with E-state index in [0.29, 0.717) is 26.2 Å². The molecule has 1 aromatic heterocycles. The average Bonchev–Trinajstić information content (AvgIpc) is 2.73.